The highest BCUT2D eigenvalue weighted by atomic mass is 16.5. The minimum absolute atomic E-state index is 0.179. The molecular weight excluding hydrogens is 418 g/mol. The Kier molecular flexibility index (Phi) is 7.73. The van der Waals surface area contributed by atoms with Gasteiger partial charge in [0.25, 0.3) is 5.91 Å². The molecule has 0 spiro atoms. The molecule has 1 aromatic carbocycles. The number of carbonyl (C=O) groups excluding carboxylic acids is 2. The van der Waals surface area contributed by atoms with Crippen LogP contribution in [0.25, 0.3) is 11.3 Å². The molecule has 0 unspecified atom stereocenters. The predicted octanol–water partition coefficient (Wildman–Crippen LogP) is 2.97. The van der Waals surface area contributed by atoms with Gasteiger partial charge in [-0.05, 0) is 48.7 Å². The molecule has 2 amide bonds. The topological polar surface area (TPSA) is 130 Å². The Bertz CT molecular complexity index is 1180. The van der Waals surface area contributed by atoms with Crippen molar-refractivity contribution in [3.05, 3.63) is 77.6 Å². The highest BCUT2D eigenvalue weighted by Crippen LogP contribution is 2.23. The van der Waals surface area contributed by atoms with Gasteiger partial charge in [0.2, 0.25) is 5.91 Å². The van der Waals surface area contributed by atoms with Gasteiger partial charge in [-0.3, -0.25) is 19.8 Å². The molecule has 1 atom stereocenters. The minimum Gasteiger partial charge on any atom is -0.368 e. The fraction of sp³-hybridized carbons (Fsp3) is 0.200. The molecule has 168 valence electrons. The summed E-state index contributed by atoms with van der Waals surface area (Å²) >= 11 is 0. The second-order valence-corrected chi connectivity index (χ2v) is 7.87. The molecule has 0 saturated heterocycles. The first-order chi connectivity index (χ1) is 15.9. The molecule has 0 aliphatic rings. The van der Waals surface area contributed by atoms with Crippen molar-refractivity contribution < 1.29 is 14.8 Å². The molecule has 2 aromatic heterocycles. The summed E-state index contributed by atoms with van der Waals surface area (Å²) in [4.78, 5) is 32.5. The van der Waals surface area contributed by atoms with E-state index in [4.69, 9.17) is 10.9 Å². The van der Waals surface area contributed by atoms with E-state index in [1.54, 1.807) is 23.9 Å². The number of hydroxylamine groups is 1. The van der Waals surface area contributed by atoms with Crippen LogP contribution in [0, 0.1) is 17.8 Å². The molecule has 8 nitrogen and oxygen atoms in total. The van der Waals surface area contributed by atoms with Crippen molar-refractivity contribution in [1.29, 1.82) is 0 Å². The maximum atomic E-state index is 12.1. The van der Waals surface area contributed by atoms with E-state index >= 15 is 0 Å². The SMILES string of the molecule is CC(C)C[C@H](Nc1cc(C(=O)NO)cc(-c2ccc(C#Cc3cccnc3)cc2)n1)C(N)=O. The number of anilines is 1. The van der Waals surface area contributed by atoms with Gasteiger partial charge >= 0.3 is 0 Å². The lowest BCUT2D eigenvalue weighted by molar-refractivity contribution is -0.119. The smallest absolute Gasteiger partial charge is 0.274 e. The molecule has 33 heavy (non-hydrogen) atoms. The van der Waals surface area contributed by atoms with Crippen LogP contribution in [0.5, 0.6) is 0 Å². The zero-order valence-corrected chi connectivity index (χ0v) is 18.4. The molecule has 3 rings (SSSR count). The quantitative estimate of drug-likeness (QED) is 0.252. The van der Waals surface area contributed by atoms with Gasteiger partial charge in [-0.1, -0.05) is 37.8 Å². The number of nitrogens with zero attached hydrogens (tertiary/aromatic N) is 2. The largest absolute Gasteiger partial charge is 0.368 e. The number of pyridine rings is 2. The molecule has 0 saturated carbocycles. The Labute approximate surface area is 192 Å². The van der Waals surface area contributed by atoms with Crippen molar-refractivity contribution in [2.45, 2.75) is 26.3 Å². The van der Waals surface area contributed by atoms with Crippen LogP contribution in [0.3, 0.4) is 0 Å². The summed E-state index contributed by atoms with van der Waals surface area (Å²) in [5.41, 5.74) is 10.2. The number of primary amides is 1. The third-order valence-corrected chi connectivity index (χ3v) is 4.76. The molecule has 5 N–H and O–H groups in total. The van der Waals surface area contributed by atoms with Gasteiger partial charge in [0, 0.05) is 34.6 Å². The van der Waals surface area contributed by atoms with Crippen molar-refractivity contribution in [3.63, 3.8) is 0 Å². The number of hydrogen-bond acceptors (Lipinski definition) is 6. The van der Waals surface area contributed by atoms with Crippen LogP contribution < -0.4 is 16.5 Å². The first kappa shape index (κ1) is 23.4. The Morgan fingerprint density at radius 3 is 2.42 bits per heavy atom. The van der Waals surface area contributed by atoms with Crippen LogP contribution in [-0.4, -0.2) is 33.0 Å². The molecule has 3 aromatic rings. The van der Waals surface area contributed by atoms with Crippen molar-refractivity contribution in [2.24, 2.45) is 11.7 Å². The van der Waals surface area contributed by atoms with Gasteiger partial charge in [0.05, 0.1) is 5.69 Å². The van der Waals surface area contributed by atoms with E-state index in [1.165, 1.54) is 6.07 Å². The van der Waals surface area contributed by atoms with Gasteiger partial charge in [-0.25, -0.2) is 10.5 Å². The standard InChI is InChI=1S/C25H25N5O3/c1-16(2)12-22(24(26)31)29-23-14-20(25(32)30-33)13-21(28-23)19-9-7-17(8-10-19)5-6-18-4-3-11-27-15-18/h3-4,7-11,13-16,22,33H,12H2,1-2H3,(H2,26,31)(H,28,29)(H,30,32)/t22-/m0/s1. The van der Waals surface area contributed by atoms with Gasteiger partial charge in [0.1, 0.15) is 11.9 Å². The predicted molar refractivity (Wildman–Crippen MR) is 125 cm³/mol. The molecule has 0 aliphatic heterocycles. The summed E-state index contributed by atoms with van der Waals surface area (Å²) in [5, 5.41) is 12.1. The van der Waals surface area contributed by atoms with E-state index in [9.17, 15) is 9.59 Å². The average Bonchev–Trinajstić information content (AvgIpc) is 2.82. The normalized spacial score (nSPS) is 11.3. The number of hydrogen-bond donors (Lipinski definition) is 4. The van der Waals surface area contributed by atoms with Crippen molar-refractivity contribution in [3.8, 4) is 23.1 Å². The number of rotatable bonds is 7. The highest BCUT2D eigenvalue weighted by molar-refractivity contribution is 5.95. The fourth-order valence-corrected chi connectivity index (χ4v) is 3.15. The molecule has 0 radical (unpaired) electrons. The number of aromatic nitrogens is 2. The lowest BCUT2D eigenvalue weighted by Crippen LogP contribution is -2.36. The average molecular weight is 444 g/mol. The maximum Gasteiger partial charge on any atom is 0.274 e. The summed E-state index contributed by atoms with van der Waals surface area (Å²) in [6.07, 6.45) is 3.89. The third kappa shape index (κ3) is 6.63. The van der Waals surface area contributed by atoms with E-state index in [2.05, 4.69) is 27.1 Å². The second kappa shape index (κ2) is 10.9. The molecule has 0 bridgehead atoms. The number of benzene rings is 1. The first-order valence-corrected chi connectivity index (χ1v) is 10.4. The summed E-state index contributed by atoms with van der Waals surface area (Å²) < 4.78 is 0. The van der Waals surface area contributed by atoms with E-state index in [1.807, 2.05) is 50.2 Å². The lowest BCUT2D eigenvalue weighted by atomic mass is 10.0. The number of amides is 2. The van der Waals surface area contributed by atoms with Gasteiger partial charge in [-0.2, -0.15) is 0 Å². The lowest BCUT2D eigenvalue weighted by Gasteiger charge is -2.19. The van der Waals surface area contributed by atoms with E-state index in [0.717, 1.165) is 16.7 Å². The maximum absolute atomic E-state index is 12.1. The Morgan fingerprint density at radius 1 is 1.09 bits per heavy atom. The zero-order chi connectivity index (χ0) is 23.8. The number of nitrogens with one attached hydrogen (secondary N) is 2. The zero-order valence-electron chi connectivity index (χ0n) is 18.4. The van der Waals surface area contributed by atoms with Crippen molar-refractivity contribution in [1.82, 2.24) is 15.4 Å². The van der Waals surface area contributed by atoms with Crippen molar-refractivity contribution >= 4 is 17.6 Å². The second-order valence-electron chi connectivity index (χ2n) is 7.87. The summed E-state index contributed by atoms with van der Waals surface area (Å²) in [6, 6.07) is 13.4. The summed E-state index contributed by atoms with van der Waals surface area (Å²) in [6.45, 7) is 3.95. The number of carbonyl (C=O) groups is 2. The Morgan fingerprint density at radius 2 is 1.82 bits per heavy atom. The molecule has 2 heterocycles. The van der Waals surface area contributed by atoms with Gasteiger partial charge < -0.3 is 11.1 Å². The number of nitrogens with two attached hydrogens (primary N) is 1. The van der Waals surface area contributed by atoms with Crippen molar-refractivity contribution in [2.75, 3.05) is 5.32 Å². The van der Waals surface area contributed by atoms with Gasteiger partial charge in [-0.15, -0.1) is 0 Å². The van der Waals surface area contributed by atoms with Crippen LogP contribution in [0.4, 0.5) is 5.82 Å². The third-order valence-electron chi connectivity index (χ3n) is 4.76. The fourth-order valence-electron chi connectivity index (χ4n) is 3.15. The molecule has 0 aliphatic carbocycles. The molecule has 0 fully saturated rings. The summed E-state index contributed by atoms with van der Waals surface area (Å²) in [7, 11) is 0. The van der Waals surface area contributed by atoms with Gasteiger partial charge in [0.15, 0.2) is 0 Å². The monoisotopic (exact) mass is 443 g/mol. The molecule has 8 heteroatoms. The van der Waals surface area contributed by atoms with Crippen LogP contribution >= 0.6 is 0 Å². The Balaban J connectivity index is 1.91. The first-order valence-electron chi connectivity index (χ1n) is 10.4. The highest BCUT2D eigenvalue weighted by Gasteiger charge is 2.19. The van der Waals surface area contributed by atoms with Crippen LogP contribution in [-0.2, 0) is 4.79 Å². The van der Waals surface area contributed by atoms with E-state index < -0.39 is 17.9 Å². The van der Waals surface area contributed by atoms with Crippen LogP contribution in [0.2, 0.25) is 0 Å². The van der Waals surface area contributed by atoms with Crippen LogP contribution in [0.1, 0.15) is 41.8 Å². The molecular formula is C25H25N5O3. The van der Waals surface area contributed by atoms with Crippen LogP contribution in [0.15, 0.2) is 60.9 Å². The summed E-state index contributed by atoms with van der Waals surface area (Å²) in [5.74, 6) is 5.44. The van der Waals surface area contributed by atoms with E-state index in [-0.39, 0.29) is 11.5 Å². The van der Waals surface area contributed by atoms with E-state index in [0.29, 0.717) is 17.9 Å². The minimum atomic E-state index is -0.694. The Hall–Kier alpha value is -4.22.